The topological polar surface area (TPSA) is 85.1 Å². The normalized spacial score (nSPS) is 28.4. The lowest BCUT2D eigenvalue weighted by Gasteiger charge is -2.10. The Bertz CT molecular complexity index is 497. The van der Waals surface area contributed by atoms with E-state index in [4.69, 9.17) is 0 Å². The zero-order valence-electron chi connectivity index (χ0n) is 8.99. The van der Waals surface area contributed by atoms with Crippen molar-refractivity contribution in [2.45, 2.75) is 23.4 Å². The molecule has 16 heavy (non-hydrogen) atoms. The van der Waals surface area contributed by atoms with Crippen molar-refractivity contribution >= 4 is 21.6 Å². The molecule has 0 bridgehead atoms. The summed E-state index contributed by atoms with van der Waals surface area (Å²) in [5, 5.41) is 17.7. The summed E-state index contributed by atoms with van der Waals surface area (Å²) >= 11 is 1.27. The summed E-state index contributed by atoms with van der Waals surface area (Å²) in [6.07, 6.45) is -0.813. The van der Waals surface area contributed by atoms with Gasteiger partial charge < -0.3 is 9.67 Å². The van der Waals surface area contributed by atoms with E-state index in [1.807, 2.05) is 14.0 Å². The Balaban J connectivity index is 2.14. The summed E-state index contributed by atoms with van der Waals surface area (Å²) in [6.45, 7) is 1.82. The van der Waals surface area contributed by atoms with Crippen LogP contribution < -0.4 is 0 Å². The zero-order valence-corrected chi connectivity index (χ0v) is 10.6. The lowest BCUT2D eigenvalue weighted by Crippen LogP contribution is -2.20. The van der Waals surface area contributed by atoms with Gasteiger partial charge in [0.15, 0.2) is 15.0 Å². The van der Waals surface area contributed by atoms with E-state index in [2.05, 4.69) is 10.2 Å². The van der Waals surface area contributed by atoms with Crippen LogP contribution in [0, 0.1) is 6.92 Å². The number of aryl methyl sites for hydroxylation is 1. The third-order valence-electron chi connectivity index (χ3n) is 2.58. The molecule has 2 heterocycles. The van der Waals surface area contributed by atoms with E-state index in [0.717, 1.165) is 5.82 Å². The number of sulfone groups is 1. The van der Waals surface area contributed by atoms with E-state index in [1.165, 1.54) is 11.8 Å². The summed E-state index contributed by atoms with van der Waals surface area (Å²) < 4.78 is 24.4. The fourth-order valence-corrected chi connectivity index (χ4v) is 5.06. The Labute approximate surface area is 98.0 Å². The largest absolute Gasteiger partial charge is 0.391 e. The van der Waals surface area contributed by atoms with Crippen molar-refractivity contribution in [1.29, 1.82) is 0 Å². The van der Waals surface area contributed by atoms with Gasteiger partial charge in [0.1, 0.15) is 5.82 Å². The van der Waals surface area contributed by atoms with Crippen LogP contribution in [0.2, 0.25) is 0 Å². The van der Waals surface area contributed by atoms with Crippen molar-refractivity contribution < 1.29 is 13.5 Å². The summed E-state index contributed by atoms with van der Waals surface area (Å²) in [5.41, 5.74) is 0. The van der Waals surface area contributed by atoms with E-state index in [1.54, 1.807) is 4.57 Å². The van der Waals surface area contributed by atoms with Crippen molar-refractivity contribution in [2.75, 3.05) is 11.5 Å². The van der Waals surface area contributed by atoms with Gasteiger partial charge in [-0.2, -0.15) is 0 Å². The minimum atomic E-state index is -3.10. The highest BCUT2D eigenvalue weighted by Crippen LogP contribution is 2.29. The first-order valence-corrected chi connectivity index (χ1v) is 7.50. The first kappa shape index (κ1) is 11.9. The molecule has 0 spiro atoms. The van der Waals surface area contributed by atoms with Crippen LogP contribution in [0.25, 0.3) is 0 Å². The maximum atomic E-state index is 11.3. The molecular weight excluding hydrogens is 250 g/mol. The smallest absolute Gasteiger partial charge is 0.191 e. The van der Waals surface area contributed by atoms with E-state index in [9.17, 15) is 13.5 Å². The third kappa shape index (κ3) is 2.23. The minimum absolute atomic E-state index is 0.00470. The van der Waals surface area contributed by atoms with Crippen molar-refractivity contribution in [2.24, 2.45) is 7.05 Å². The highest BCUT2D eigenvalue weighted by Gasteiger charge is 2.37. The lowest BCUT2D eigenvalue weighted by molar-refractivity contribution is 0.207. The van der Waals surface area contributed by atoms with Crippen LogP contribution in [0.3, 0.4) is 0 Å². The number of rotatable bonds is 2. The van der Waals surface area contributed by atoms with Gasteiger partial charge in [-0.3, -0.25) is 0 Å². The second-order valence-corrected chi connectivity index (χ2v) is 7.25. The van der Waals surface area contributed by atoms with Crippen LogP contribution in [-0.4, -0.2) is 51.1 Å². The molecule has 1 aliphatic heterocycles. The highest BCUT2D eigenvalue weighted by atomic mass is 32.2. The second kappa shape index (κ2) is 4.01. The first-order chi connectivity index (χ1) is 7.39. The Hall–Kier alpha value is -0.600. The molecule has 0 aromatic carbocycles. The first-order valence-electron chi connectivity index (χ1n) is 4.80. The van der Waals surface area contributed by atoms with Gasteiger partial charge in [0.25, 0.3) is 0 Å². The molecule has 0 radical (unpaired) electrons. The molecular formula is C8H13N3O3S2. The second-order valence-electron chi connectivity index (χ2n) is 3.89. The van der Waals surface area contributed by atoms with Gasteiger partial charge in [-0.15, -0.1) is 10.2 Å². The van der Waals surface area contributed by atoms with Crippen LogP contribution in [-0.2, 0) is 16.9 Å². The van der Waals surface area contributed by atoms with Gasteiger partial charge in [0.05, 0.1) is 22.9 Å². The molecule has 1 fully saturated rings. The fourth-order valence-electron chi connectivity index (χ4n) is 1.54. The number of aliphatic hydroxyl groups excluding tert-OH is 1. The summed E-state index contributed by atoms with van der Waals surface area (Å²) in [4.78, 5) is 0. The molecule has 1 aromatic rings. The quantitative estimate of drug-likeness (QED) is 0.765. The van der Waals surface area contributed by atoms with E-state index in [0.29, 0.717) is 5.16 Å². The maximum Gasteiger partial charge on any atom is 0.191 e. The van der Waals surface area contributed by atoms with Crippen molar-refractivity contribution in [3.05, 3.63) is 5.82 Å². The number of thioether (sulfide) groups is 1. The summed E-state index contributed by atoms with van der Waals surface area (Å²) in [5.74, 6) is 0.615. The average molecular weight is 263 g/mol. The lowest BCUT2D eigenvalue weighted by atomic mass is 10.3. The molecule has 1 saturated heterocycles. The van der Waals surface area contributed by atoms with Crippen LogP contribution in [0.4, 0.5) is 0 Å². The van der Waals surface area contributed by atoms with Crippen LogP contribution in [0.5, 0.6) is 0 Å². The third-order valence-corrected chi connectivity index (χ3v) is 5.86. The fraction of sp³-hybridized carbons (Fsp3) is 0.750. The van der Waals surface area contributed by atoms with E-state index >= 15 is 0 Å². The Morgan fingerprint density at radius 3 is 2.56 bits per heavy atom. The monoisotopic (exact) mass is 263 g/mol. The van der Waals surface area contributed by atoms with Crippen molar-refractivity contribution in [3.8, 4) is 0 Å². The van der Waals surface area contributed by atoms with Gasteiger partial charge in [0, 0.05) is 7.05 Å². The SMILES string of the molecule is Cc1nnc(SC2CS(=O)(=O)CC2O)n1C. The summed E-state index contributed by atoms with van der Waals surface area (Å²) in [6, 6.07) is 0. The Morgan fingerprint density at radius 1 is 1.44 bits per heavy atom. The predicted molar refractivity (Wildman–Crippen MR) is 60.0 cm³/mol. The minimum Gasteiger partial charge on any atom is -0.391 e. The molecule has 6 nitrogen and oxygen atoms in total. The molecule has 2 atom stereocenters. The molecule has 0 saturated carbocycles. The zero-order chi connectivity index (χ0) is 11.9. The molecule has 1 aliphatic rings. The van der Waals surface area contributed by atoms with Crippen LogP contribution in [0.1, 0.15) is 5.82 Å². The van der Waals surface area contributed by atoms with Gasteiger partial charge in [-0.05, 0) is 6.92 Å². The molecule has 1 aromatic heterocycles. The maximum absolute atomic E-state index is 11.3. The van der Waals surface area contributed by atoms with Crippen LogP contribution >= 0.6 is 11.8 Å². The van der Waals surface area contributed by atoms with E-state index in [-0.39, 0.29) is 16.8 Å². The Morgan fingerprint density at radius 2 is 2.12 bits per heavy atom. The molecule has 90 valence electrons. The number of hydrogen-bond donors (Lipinski definition) is 1. The van der Waals surface area contributed by atoms with Crippen molar-refractivity contribution in [1.82, 2.24) is 14.8 Å². The van der Waals surface area contributed by atoms with Gasteiger partial charge >= 0.3 is 0 Å². The van der Waals surface area contributed by atoms with Crippen LogP contribution in [0.15, 0.2) is 5.16 Å². The van der Waals surface area contributed by atoms with Gasteiger partial charge in [-0.1, -0.05) is 11.8 Å². The number of hydrogen-bond acceptors (Lipinski definition) is 6. The number of aromatic nitrogens is 3. The molecule has 8 heteroatoms. The average Bonchev–Trinajstić information content (AvgIpc) is 2.60. The van der Waals surface area contributed by atoms with Crippen molar-refractivity contribution in [3.63, 3.8) is 0 Å². The predicted octanol–water partition coefficient (Wildman–Crippen LogP) is -0.626. The van der Waals surface area contributed by atoms with E-state index < -0.39 is 15.9 Å². The Kier molecular flexibility index (Phi) is 2.97. The number of aliphatic hydroxyl groups is 1. The molecule has 0 amide bonds. The molecule has 1 N–H and O–H groups in total. The van der Waals surface area contributed by atoms with Gasteiger partial charge in [-0.25, -0.2) is 8.42 Å². The van der Waals surface area contributed by atoms with Gasteiger partial charge in [0.2, 0.25) is 0 Å². The molecule has 0 aliphatic carbocycles. The highest BCUT2D eigenvalue weighted by molar-refractivity contribution is 8.01. The molecule has 2 unspecified atom stereocenters. The molecule has 2 rings (SSSR count). The standard InChI is InChI=1S/C8H13N3O3S2/c1-5-9-10-8(11(5)2)15-7-4-16(13,14)3-6(7)12/h6-7,12H,3-4H2,1-2H3. The summed E-state index contributed by atoms with van der Waals surface area (Å²) in [7, 11) is -1.29. The number of nitrogens with zero attached hydrogens (tertiary/aromatic N) is 3.